The fourth-order valence-electron chi connectivity index (χ4n) is 2.93. The quantitative estimate of drug-likeness (QED) is 0.229. The van der Waals surface area contributed by atoms with Crippen molar-refractivity contribution in [2.45, 2.75) is 31.2 Å². The third-order valence-electron chi connectivity index (χ3n) is 4.65. The first-order valence-corrected chi connectivity index (χ1v) is 13.1. The molecule has 0 bridgehead atoms. The predicted octanol–water partition coefficient (Wildman–Crippen LogP) is 2.88. The van der Waals surface area contributed by atoms with Gasteiger partial charge >= 0.3 is 5.97 Å². The maximum absolute atomic E-state index is 11.6. The van der Waals surface area contributed by atoms with Crippen molar-refractivity contribution >= 4 is 49.9 Å². The molecule has 0 amide bonds. The monoisotopic (exact) mass is 506 g/mol. The van der Waals surface area contributed by atoms with Crippen LogP contribution in [0.2, 0.25) is 0 Å². The third kappa shape index (κ3) is 7.10. The molecule has 0 spiro atoms. The van der Waals surface area contributed by atoms with Gasteiger partial charge in [-0.2, -0.15) is 9.97 Å². The van der Waals surface area contributed by atoms with Crippen LogP contribution in [0.5, 0.6) is 0 Å². The normalized spacial score (nSPS) is 11.3. The molecule has 11 nitrogen and oxygen atoms in total. The Bertz CT molecular complexity index is 1250. The number of anilines is 4. The highest BCUT2D eigenvalue weighted by molar-refractivity contribution is 7.90. The lowest BCUT2D eigenvalue weighted by Gasteiger charge is -2.12. The van der Waals surface area contributed by atoms with Crippen LogP contribution in [0.15, 0.2) is 35.2 Å². The first-order valence-electron chi connectivity index (χ1n) is 10.4. The molecule has 2 heterocycles. The number of sulfone groups is 1. The number of aryl methyl sites for hydroxylation is 1. The Morgan fingerprint density at radius 2 is 1.74 bits per heavy atom. The number of nitrogens with zero attached hydrogens (tertiary/aromatic N) is 3. The minimum Gasteiger partial charge on any atom is -0.477 e. The third-order valence-corrected chi connectivity index (χ3v) is 6.84. The lowest BCUT2D eigenvalue weighted by molar-refractivity contribution is 0.0701. The topological polar surface area (TPSA) is 166 Å². The van der Waals surface area contributed by atoms with Crippen molar-refractivity contribution < 1.29 is 23.4 Å². The Hall–Kier alpha value is -3.29. The Kier molecular flexibility index (Phi) is 8.36. The first kappa shape index (κ1) is 25.3. The van der Waals surface area contributed by atoms with E-state index in [0.29, 0.717) is 42.0 Å². The molecule has 3 rings (SSSR count). The molecule has 0 fully saturated rings. The number of unbranched alkanes of at least 4 members (excludes halogenated alkanes) is 1. The molecular formula is C21H26N6O5S2. The van der Waals surface area contributed by atoms with Gasteiger partial charge in [0.05, 0.1) is 10.6 Å². The van der Waals surface area contributed by atoms with Crippen molar-refractivity contribution in [2.75, 3.05) is 35.4 Å². The lowest BCUT2D eigenvalue weighted by atomic mass is 10.2. The van der Waals surface area contributed by atoms with Crippen LogP contribution in [0.1, 0.15) is 33.8 Å². The molecule has 0 saturated heterocycles. The van der Waals surface area contributed by atoms with E-state index in [0.717, 1.165) is 29.6 Å². The van der Waals surface area contributed by atoms with Gasteiger partial charge in [-0.05, 0) is 37.5 Å². The van der Waals surface area contributed by atoms with E-state index in [-0.39, 0.29) is 22.3 Å². The molecule has 1 aromatic carbocycles. The average molecular weight is 507 g/mol. The van der Waals surface area contributed by atoms with Crippen LogP contribution >= 0.6 is 11.3 Å². The van der Waals surface area contributed by atoms with Crippen LogP contribution in [-0.2, 0) is 16.4 Å². The van der Waals surface area contributed by atoms with Crippen LogP contribution < -0.4 is 16.0 Å². The molecule has 3 aromatic rings. The summed E-state index contributed by atoms with van der Waals surface area (Å²) >= 11 is 0.993. The van der Waals surface area contributed by atoms with Gasteiger partial charge in [0.1, 0.15) is 16.5 Å². The molecular weight excluding hydrogens is 480 g/mol. The molecule has 0 radical (unpaired) electrons. The summed E-state index contributed by atoms with van der Waals surface area (Å²) in [6.45, 7) is 2.72. The summed E-state index contributed by atoms with van der Waals surface area (Å²) in [7, 11) is -3.26. The molecule has 34 heavy (non-hydrogen) atoms. The second-order valence-corrected chi connectivity index (χ2v) is 10.5. The van der Waals surface area contributed by atoms with Gasteiger partial charge in [-0.1, -0.05) is 23.5 Å². The second kappa shape index (κ2) is 11.2. The molecule has 2 aromatic heterocycles. The molecule has 5 N–H and O–H groups in total. The standard InChI is InChI=1S/C21H26N6O5S2/c1-13-18(19(29)30)33-21(24-13)27-20-25-16(22-9-3-4-10-28)11-17(26-20)23-12-14-5-7-15(8-6-14)34(2,31)32/h5-8,11,28H,3-4,9-10,12H2,1-2H3,(H,29,30)(H3,22,23,24,25,26,27). The molecule has 182 valence electrons. The molecule has 13 heteroatoms. The van der Waals surface area contributed by atoms with Gasteiger partial charge in [-0.25, -0.2) is 18.2 Å². The number of hydrogen-bond acceptors (Lipinski definition) is 11. The van der Waals surface area contributed by atoms with Crippen molar-refractivity contribution in [3.8, 4) is 0 Å². The summed E-state index contributed by atoms with van der Waals surface area (Å²) in [5.74, 6) is 0.221. The average Bonchev–Trinajstić information content (AvgIpc) is 3.15. The number of nitrogens with one attached hydrogen (secondary N) is 3. The van der Waals surface area contributed by atoms with Crippen LogP contribution in [0.3, 0.4) is 0 Å². The maximum atomic E-state index is 11.6. The number of aliphatic hydroxyl groups excluding tert-OH is 1. The zero-order valence-electron chi connectivity index (χ0n) is 18.7. The Balaban J connectivity index is 1.77. The summed E-state index contributed by atoms with van der Waals surface area (Å²) < 4.78 is 23.3. The highest BCUT2D eigenvalue weighted by atomic mass is 32.2. The number of aliphatic hydroxyl groups is 1. The van der Waals surface area contributed by atoms with E-state index in [4.69, 9.17) is 5.11 Å². The zero-order chi connectivity index (χ0) is 24.7. The number of aromatic carboxylic acids is 1. The highest BCUT2D eigenvalue weighted by Gasteiger charge is 2.15. The predicted molar refractivity (Wildman–Crippen MR) is 131 cm³/mol. The van der Waals surface area contributed by atoms with Gasteiger partial charge in [0.15, 0.2) is 15.0 Å². The van der Waals surface area contributed by atoms with E-state index >= 15 is 0 Å². The Morgan fingerprint density at radius 3 is 2.32 bits per heavy atom. The van der Waals surface area contributed by atoms with Gasteiger partial charge in [0, 0.05) is 32.0 Å². The lowest BCUT2D eigenvalue weighted by Crippen LogP contribution is -2.09. The maximum Gasteiger partial charge on any atom is 0.347 e. The van der Waals surface area contributed by atoms with E-state index in [1.165, 1.54) is 0 Å². The SMILES string of the molecule is Cc1nc(Nc2nc(NCCCCO)cc(NCc3ccc(S(C)(=O)=O)cc3)n2)sc1C(=O)O. The highest BCUT2D eigenvalue weighted by Crippen LogP contribution is 2.26. The number of hydrogen-bond donors (Lipinski definition) is 5. The van der Waals surface area contributed by atoms with Crippen molar-refractivity contribution in [2.24, 2.45) is 0 Å². The smallest absolute Gasteiger partial charge is 0.347 e. The van der Waals surface area contributed by atoms with Gasteiger partial charge in [0.2, 0.25) is 5.95 Å². The summed E-state index contributed by atoms with van der Waals surface area (Å²) in [6, 6.07) is 8.29. The molecule has 0 atom stereocenters. The summed E-state index contributed by atoms with van der Waals surface area (Å²) in [4.78, 5) is 24.8. The zero-order valence-corrected chi connectivity index (χ0v) is 20.3. The van der Waals surface area contributed by atoms with Crippen molar-refractivity contribution in [3.63, 3.8) is 0 Å². The largest absolute Gasteiger partial charge is 0.477 e. The molecule has 0 aliphatic heterocycles. The van der Waals surface area contributed by atoms with Gasteiger partial charge < -0.3 is 20.8 Å². The van der Waals surface area contributed by atoms with Gasteiger partial charge in [-0.3, -0.25) is 5.32 Å². The van der Waals surface area contributed by atoms with Crippen molar-refractivity contribution in [3.05, 3.63) is 46.5 Å². The fourth-order valence-corrected chi connectivity index (χ4v) is 4.36. The molecule has 0 saturated carbocycles. The number of carboxylic acid groups (broad SMARTS) is 1. The van der Waals surface area contributed by atoms with Crippen molar-refractivity contribution in [1.29, 1.82) is 0 Å². The van der Waals surface area contributed by atoms with Crippen LogP contribution in [0, 0.1) is 6.92 Å². The van der Waals surface area contributed by atoms with E-state index < -0.39 is 15.8 Å². The second-order valence-electron chi connectivity index (χ2n) is 7.45. The van der Waals surface area contributed by atoms with Crippen LogP contribution in [0.25, 0.3) is 0 Å². The number of aromatic nitrogens is 3. The summed E-state index contributed by atoms with van der Waals surface area (Å²) in [5.41, 5.74) is 1.26. The number of carboxylic acids is 1. The fraction of sp³-hybridized carbons (Fsp3) is 0.333. The van der Waals surface area contributed by atoms with Crippen molar-refractivity contribution in [1.82, 2.24) is 15.0 Å². The van der Waals surface area contributed by atoms with Crippen LogP contribution in [-0.4, -0.2) is 59.0 Å². The first-order chi connectivity index (χ1) is 16.2. The molecule has 0 aliphatic carbocycles. The van der Waals surface area contributed by atoms with E-state index in [9.17, 15) is 18.3 Å². The number of carbonyl (C=O) groups is 1. The van der Waals surface area contributed by atoms with Gasteiger partial charge in [0.25, 0.3) is 0 Å². The van der Waals surface area contributed by atoms with E-state index in [1.54, 1.807) is 37.3 Å². The molecule has 0 unspecified atom stereocenters. The molecule has 0 aliphatic rings. The number of benzene rings is 1. The van der Waals surface area contributed by atoms with E-state index in [1.807, 2.05) is 0 Å². The Labute approximate surface area is 201 Å². The summed E-state index contributed by atoms with van der Waals surface area (Å²) in [6.07, 6.45) is 2.58. The minimum atomic E-state index is -3.26. The van der Waals surface area contributed by atoms with Gasteiger partial charge in [-0.15, -0.1) is 0 Å². The minimum absolute atomic E-state index is 0.110. The van der Waals surface area contributed by atoms with E-state index in [2.05, 4.69) is 30.9 Å². The number of rotatable bonds is 12. The number of thiazole rings is 1. The Morgan fingerprint density at radius 1 is 1.06 bits per heavy atom. The van der Waals surface area contributed by atoms with Crippen LogP contribution in [0.4, 0.5) is 22.7 Å². The summed E-state index contributed by atoms with van der Waals surface area (Å²) in [5, 5.41) is 27.9.